The number of hydrogen-bond donors (Lipinski definition) is 1. The van der Waals surface area contributed by atoms with Crippen LogP contribution in [0.15, 0.2) is 4.99 Å². The van der Waals surface area contributed by atoms with Crippen LogP contribution in [-0.4, -0.2) is 58.5 Å². The Morgan fingerprint density at radius 1 is 1.18 bits per heavy atom. The highest BCUT2D eigenvalue weighted by molar-refractivity contribution is 8.13. The number of fused-ring (bicyclic) bond motifs is 1. The zero-order valence-corrected chi connectivity index (χ0v) is 14.5. The minimum absolute atomic E-state index is 0.223. The lowest BCUT2D eigenvalue weighted by Crippen LogP contribution is -2.63. The van der Waals surface area contributed by atoms with Gasteiger partial charge in [0.1, 0.15) is 0 Å². The highest BCUT2D eigenvalue weighted by atomic mass is 32.2. The highest BCUT2D eigenvalue weighted by Gasteiger charge is 2.48. The van der Waals surface area contributed by atoms with Gasteiger partial charge in [-0.25, -0.2) is 9.79 Å². The molecule has 2 atom stereocenters. The van der Waals surface area contributed by atoms with Crippen molar-refractivity contribution in [3.63, 3.8) is 0 Å². The van der Waals surface area contributed by atoms with Crippen molar-refractivity contribution in [1.29, 1.82) is 0 Å². The van der Waals surface area contributed by atoms with E-state index in [1.54, 1.807) is 18.8 Å². The van der Waals surface area contributed by atoms with Gasteiger partial charge in [-0.05, 0) is 12.8 Å². The maximum Gasteiger partial charge on any atom is 0.325 e. The van der Waals surface area contributed by atoms with Gasteiger partial charge in [-0.15, -0.1) is 0 Å². The number of carbonyl (C=O) groups excluding carboxylic acids is 2. The number of carbonyl (C=O) groups is 2. The summed E-state index contributed by atoms with van der Waals surface area (Å²) in [7, 11) is 1.70. The number of unbranched alkanes of at least 4 members (excludes halogenated alkanes) is 3. The summed E-state index contributed by atoms with van der Waals surface area (Å²) < 4.78 is 0. The van der Waals surface area contributed by atoms with Gasteiger partial charge in [-0.1, -0.05) is 44.9 Å². The topological polar surface area (TPSA) is 65.0 Å². The zero-order chi connectivity index (χ0) is 16.1. The van der Waals surface area contributed by atoms with Gasteiger partial charge in [0.05, 0.1) is 0 Å². The molecule has 6 nitrogen and oxygen atoms in total. The van der Waals surface area contributed by atoms with Gasteiger partial charge in [-0.3, -0.25) is 10.1 Å². The van der Waals surface area contributed by atoms with Crippen LogP contribution in [0.3, 0.4) is 0 Å². The summed E-state index contributed by atoms with van der Waals surface area (Å²) in [5, 5.41) is 3.34. The second kappa shape index (κ2) is 7.85. The smallest absolute Gasteiger partial charge is 0.325 e. The van der Waals surface area contributed by atoms with Crippen LogP contribution >= 0.6 is 11.8 Å². The molecular formula is C15H26N4O2S. The van der Waals surface area contributed by atoms with E-state index in [9.17, 15) is 9.59 Å². The average Bonchev–Trinajstić information content (AvgIpc) is 2.86. The van der Waals surface area contributed by atoms with Crippen molar-refractivity contribution in [1.82, 2.24) is 15.1 Å². The lowest BCUT2D eigenvalue weighted by atomic mass is 10.1. The van der Waals surface area contributed by atoms with Crippen molar-refractivity contribution in [3.05, 3.63) is 0 Å². The van der Waals surface area contributed by atoms with Crippen LogP contribution in [0.5, 0.6) is 0 Å². The molecule has 2 unspecified atom stereocenters. The molecule has 2 rings (SSSR count). The molecule has 2 aliphatic rings. The van der Waals surface area contributed by atoms with Crippen molar-refractivity contribution in [2.45, 2.75) is 58.2 Å². The molecule has 2 heterocycles. The zero-order valence-electron chi connectivity index (χ0n) is 13.7. The van der Waals surface area contributed by atoms with Gasteiger partial charge in [0, 0.05) is 19.3 Å². The molecule has 0 radical (unpaired) electrons. The molecule has 0 aliphatic carbocycles. The molecule has 0 saturated carbocycles. The lowest BCUT2D eigenvalue weighted by molar-refractivity contribution is -0.127. The number of thioether (sulfide) groups is 1. The number of rotatable bonds is 7. The Bertz CT molecular complexity index is 455. The van der Waals surface area contributed by atoms with Gasteiger partial charge in [0.15, 0.2) is 17.4 Å². The normalized spacial score (nSPS) is 24.4. The summed E-state index contributed by atoms with van der Waals surface area (Å²) in [6, 6.07) is -0.730. The molecule has 0 aromatic rings. The summed E-state index contributed by atoms with van der Waals surface area (Å²) >= 11 is 1.69. The molecule has 0 aromatic heterocycles. The van der Waals surface area contributed by atoms with E-state index < -0.39 is 0 Å². The highest BCUT2D eigenvalue weighted by Crippen LogP contribution is 2.29. The number of likely N-dealkylation sites (N-methyl/N-ethyl adjacent to an activating group) is 1. The maximum atomic E-state index is 12.3. The third-order valence-corrected chi connectivity index (χ3v) is 5.22. The Hall–Kier alpha value is -1.24. The molecule has 1 saturated heterocycles. The van der Waals surface area contributed by atoms with Crippen molar-refractivity contribution < 1.29 is 9.59 Å². The summed E-state index contributed by atoms with van der Waals surface area (Å²) in [5.41, 5.74) is 0. The molecular weight excluding hydrogens is 300 g/mol. The third kappa shape index (κ3) is 3.56. The van der Waals surface area contributed by atoms with E-state index in [4.69, 9.17) is 0 Å². The number of amidine groups is 1. The van der Waals surface area contributed by atoms with Crippen molar-refractivity contribution in [3.8, 4) is 0 Å². The van der Waals surface area contributed by atoms with Crippen molar-refractivity contribution in [2.75, 3.05) is 19.3 Å². The first-order chi connectivity index (χ1) is 10.6. The van der Waals surface area contributed by atoms with E-state index in [0.29, 0.717) is 0 Å². The van der Waals surface area contributed by atoms with Gasteiger partial charge in [0.25, 0.3) is 5.91 Å². The molecule has 0 spiro atoms. The van der Waals surface area contributed by atoms with Crippen LogP contribution in [-0.2, 0) is 4.79 Å². The molecule has 124 valence electrons. The van der Waals surface area contributed by atoms with E-state index in [0.717, 1.165) is 36.7 Å². The Morgan fingerprint density at radius 3 is 2.64 bits per heavy atom. The Kier molecular flexibility index (Phi) is 6.11. The van der Waals surface area contributed by atoms with Crippen molar-refractivity contribution in [2.24, 2.45) is 4.99 Å². The summed E-state index contributed by atoms with van der Waals surface area (Å²) in [6.07, 6.45) is 5.28. The fourth-order valence-corrected chi connectivity index (χ4v) is 3.70. The Labute approximate surface area is 136 Å². The predicted octanol–water partition coefficient (Wildman–Crippen LogP) is 2.26. The van der Waals surface area contributed by atoms with Crippen LogP contribution < -0.4 is 5.32 Å². The first-order valence-corrected chi connectivity index (χ1v) is 9.13. The van der Waals surface area contributed by atoms with Gasteiger partial charge in [0.2, 0.25) is 0 Å². The molecule has 1 N–H and O–H groups in total. The number of hydrogen-bond acceptors (Lipinski definition) is 5. The molecule has 3 amide bonds. The number of imide groups is 1. The monoisotopic (exact) mass is 326 g/mol. The number of nitrogens with zero attached hydrogens (tertiary/aromatic N) is 3. The quantitative estimate of drug-likeness (QED) is 0.729. The first-order valence-electron chi connectivity index (χ1n) is 8.15. The van der Waals surface area contributed by atoms with E-state index in [-0.39, 0.29) is 24.1 Å². The SMILES string of the molecule is CCCCCCN1C(SCCC)=NC2C1C(=O)NC(=O)N2C. The largest absolute Gasteiger partial charge is 0.336 e. The molecule has 0 bridgehead atoms. The second-order valence-electron chi connectivity index (χ2n) is 5.78. The lowest BCUT2D eigenvalue weighted by Gasteiger charge is -2.36. The third-order valence-electron chi connectivity index (χ3n) is 4.01. The van der Waals surface area contributed by atoms with Crippen LogP contribution in [0, 0.1) is 0 Å². The minimum atomic E-state index is -0.383. The molecule has 7 heteroatoms. The van der Waals surface area contributed by atoms with E-state index in [1.807, 2.05) is 0 Å². The van der Waals surface area contributed by atoms with Gasteiger partial charge >= 0.3 is 6.03 Å². The molecule has 2 aliphatic heterocycles. The van der Waals surface area contributed by atoms with Gasteiger partial charge in [-0.2, -0.15) is 0 Å². The van der Waals surface area contributed by atoms with Crippen LogP contribution in [0.2, 0.25) is 0 Å². The standard InChI is InChI=1S/C15H26N4O2S/c1-4-6-7-8-9-19-11-12(16-15(19)22-10-5-2)18(3)14(21)17-13(11)20/h11-12H,4-10H2,1-3H3,(H,17,20,21). The number of urea groups is 1. The van der Waals surface area contributed by atoms with Gasteiger partial charge < -0.3 is 9.80 Å². The summed E-state index contributed by atoms with van der Waals surface area (Å²) in [4.78, 5) is 32.3. The van der Waals surface area contributed by atoms with E-state index in [1.165, 1.54) is 17.7 Å². The first kappa shape index (κ1) is 17.1. The molecule has 1 fully saturated rings. The van der Waals surface area contributed by atoms with E-state index >= 15 is 0 Å². The van der Waals surface area contributed by atoms with Crippen LogP contribution in [0.25, 0.3) is 0 Å². The molecule has 22 heavy (non-hydrogen) atoms. The molecule has 0 aromatic carbocycles. The minimum Gasteiger partial charge on any atom is -0.336 e. The van der Waals surface area contributed by atoms with E-state index in [2.05, 4.69) is 29.1 Å². The Balaban J connectivity index is 2.10. The average molecular weight is 326 g/mol. The van der Waals surface area contributed by atoms with Crippen molar-refractivity contribution >= 4 is 28.9 Å². The fraction of sp³-hybridized carbons (Fsp3) is 0.800. The van der Waals surface area contributed by atoms with Crippen LogP contribution in [0.1, 0.15) is 46.0 Å². The summed E-state index contributed by atoms with van der Waals surface area (Å²) in [5.74, 6) is 0.752. The maximum absolute atomic E-state index is 12.3. The second-order valence-corrected chi connectivity index (χ2v) is 6.84. The van der Waals surface area contributed by atoms with Crippen LogP contribution in [0.4, 0.5) is 4.79 Å². The Morgan fingerprint density at radius 2 is 1.95 bits per heavy atom. The number of aliphatic imine (C=N–C) groups is 1. The predicted molar refractivity (Wildman–Crippen MR) is 89.9 cm³/mol. The summed E-state index contributed by atoms with van der Waals surface area (Å²) in [6.45, 7) is 5.14. The number of nitrogens with one attached hydrogen (secondary N) is 1. The fourth-order valence-electron chi connectivity index (χ4n) is 2.76. The number of amides is 3.